The molecular formula is C13H23N3OS. The topological polar surface area (TPSA) is 68.0 Å². The number of carbonyl (C=O) groups excluding carboxylic acids is 1. The van der Waals surface area contributed by atoms with Gasteiger partial charge >= 0.3 is 0 Å². The van der Waals surface area contributed by atoms with E-state index in [2.05, 4.69) is 31.1 Å². The predicted molar refractivity (Wildman–Crippen MR) is 76.9 cm³/mol. The Labute approximate surface area is 113 Å². The minimum Gasteiger partial charge on any atom is -0.317 e. The van der Waals surface area contributed by atoms with E-state index in [4.69, 9.17) is 5.73 Å². The lowest BCUT2D eigenvalue weighted by Gasteiger charge is -2.24. The Morgan fingerprint density at radius 2 is 1.94 bits per heavy atom. The van der Waals surface area contributed by atoms with Crippen molar-refractivity contribution in [3.63, 3.8) is 0 Å². The fraction of sp³-hybridized carbons (Fsp3) is 0.692. The third-order valence-corrected chi connectivity index (χ3v) is 3.96. The molecule has 0 aliphatic carbocycles. The Kier molecular flexibility index (Phi) is 4.50. The second kappa shape index (κ2) is 5.36. The lowest BCUT2D eigenvalue weighted by atomic mass is 9.93. The number of hydrogen-bond acceptors (Lipinski definition) is 4. The second-order valence-electron chi connectivity index (χ2n) is 5.61. The van der Waals surface area contributed by atoms with Gasteiger partial charge in [-0.05, 0) is 12.8 Å². The maximum atomic E-state index is 12.1. The summed E-state index contributed by atoms with van der Waals surface area (Å²) >= 11 is 1.44. The normalized spacial score (nSPS) is 12.6. The molecule has 4 nitrogen and oxygen atoms in total. The summed E-state index contributed by atoms with van der Waals surface area (Å²) in [5, 5.41) is 5.42. The number of thiazole rings is 1. The number of aromatic nitrogens is 1. The lowest BCUT2D eigenvalue weighted by Crippen LogP contribution is -2.50. The van der Waals surface area contributed by atoms with Gasteiger partial charge in [0.25, 0.3) is 0 Å². The fourth-order valence-corrected chi connectivity index (χ4v) is 2.40. The second-order valence-corrected chi connectivity index (χ2v) is 6.46. The van der Waals surface area contributed by atoms with Crippen LogP contribution < -0.4 is 11.1 Å². The maximum absolute atomic E-state index is 12.1. The number of anilines is 1. The van der Waals surface area contributed by atoms with Gasteiger partial charge in [0, 0.05) is 10.8 Å². The molecule has 0 aliphatic heterocycles. The molecule has 102 valence electrons. The van der Waals surface area contributed by atoms with E-state index >= 15 is 0 Å². The van der Waals surface area contributed by atoms with Crippen molar-refractivity contribution in [1.29, 1.82) is 0 Å². The van der Waals surface area contributed by atoms with Gasteiger partial charge in [0.1, 0.15) is 0 Å². The molecule has 0 bridgehead atoms. The van der Waals surface area contributed by atoms with Crippen LogP contribution in [0.2, 0.25) is 0 Å². The van der Waals surface area contributed by atoms with Gasteiger partial charge in [-0.3, -0.25) is 4.79 Å². The van der Waals surface area contributed by atoms with Crippen molar-refractivity contribution in [2.75, 3.05) is 5.32 Å². The Morgan fingerprint density at radius 1 is 1.39 bits per heavy atom. The Balaban J connectivity index is 2.80. The van der Waals surface area contributed by atoms with Crippen LogP contribution in [-0.2, 0) is 10.2 Å². The van der Waals surface area contributed by atoms with Crippen LogP contribution in [0.25, 0.3) is 0 Å². The van der Waals surface area contributed by atoms with Gasteiger partial charge in [0.05, 0.1) is 11.2 Å². The van der Waals surface area contributed by atoms with Crippen LogP contribution >= 0.6 is 11.3 Å². The lowest BCUT2D eigenvalue weighted by molar-refractivity contribution is -0.121. The van der Waals surface area contributed by atoms with Gasteiger partial charge in [0.15, 0.2) is 5.13 Å². The van der Waals surface area contributed by atoms with Gasteiger partial charge in [-0.25, -0.2) is 4.98 Å². The molecule has 1 heterocycles. The molecule has 0 aliphatic rings. The minimum absolute atomic E-state index is 0.00517. The molecule has 0 spiro atoms. The molecule has 0 saturated carbocycles. The molecule has 0 aromatic carbocycles. The Hall–Kier alpha value is -0.940. The van der Waals surface area contributed by atoms with Crippen molar-refractivity contribution < 1.29 is 4.79 Å². The fourth-order valence-electron chi connectivity index (χ4n) is 1.47. The molecule has 0 saturated heterocycles. The number of rotatable bonds is 4. The van der Waals surface area contributed by atoms with Crippen molar-refractivity contribution >= 4 is 22.4 Å². The summed E-state index contributed by atoms with van der Waals surface area (Å²) < 4.78 is 0. The molecule has 0 unspecified atom stereocenters. The van der Waals surface area contributed by atoms with E-state index in [0.717, 1.165) is 5.69 Å². The summed E-state index contributed by atoms with van der Waals surface area (Å²) in [6, 6.07) is 0. The first kappa shape index (κ1) is 15.1. The van der Waals surface area contributed by atoms with Crippen LogP contribution in [0.15, 0.2) is 5.38 Å². The molecule has 0 atom stereocenters. The number of amides is 1. The monoisotopic (exact) mass is 269 g/mol. The van der Waals surface area contributed by atoms with Crippen molar-refractivity contribution in [3.05, 3.63) is 11.1 Å². The smallest absolute Gasteiger partial charge is 0.246 e. The zero-order chi connectivity index (χ0) is 14.0. The maximum Gasteiger partial charge on any atom is 0.246 e. The number of nitrogens with two attached hydrogens (primary N) is 1. The molecule has 3 N–H and O–H groups in total. The predicted octanol–water partition coefficient (Wildman–Crippen LogP) is 2.90. The molecule has 1 aromatic rings. The van der Waals surface area contributed by atoms with E-state index in [0.29, 0.717) is 18.0 Å². The van der Waals surface area contributed by atoms with Crippen molar-refractivity contribution in [2.24, 2.45) is 5.73 Å². The summed E-state index contributed by atoms with van der Waals surface area (Å²) in [6.07, 6.45) is 1.24. The van der Waals surface area contributed by atoms with E-state index in [1.54, 1.807) is 0 Å². The summed E-state index contributed by atoms with van der Waals surface area (Å²) in [7, 11) is 0. The molecule has 0 radical (unpaired) electrons. The number of nitrogens with one attached hydrogen (secondary N) is 1. The van der Waals surface area contributed by atoms with E-state index in [1.165, 1.54) is 11.3 Å². The molecule has 1 amide bonds. The van der Waals surface area contributed by atoms with Crippen LogP contribution in [0.5, 0.6) is 0 Å². The van der Waals surface area contributed by atoms with Crippen LogP contribution in [0.4, 0.5) is 5.13 Å². The molecule has 18 heavy (non-hydrogen) atoms. The van der Waals surface area contributed by atoms with Crippen molar-refractivity contribution in [1.82, 2.24) is 4.98 Å². The largest absolute Gasteiger partial charge is 0.317 e. The standard InChI is InChI=1S/C13H23N3OS/c1-6-13(14,7-2)10(17)16-11-15-9(8-18-11)12(3,4)5/h8H,6-7,14H2,1-5H3,(H,15,16,17). The first-order chi connectivity index (χ1) is 8.23. The number of carbonyl (C=O) groups is 1. The summed E-state index contributed by atoms with van der Waals surface area (Å²) in [5.74, 6) is -0.151. The third-order valence-electron chi connectivity index (χ3n) is 3.21. The van der Waals surface area contributed by atoms with Gasteiger partial charge in [-0.15, -0.1) is 11.3 Å². The van der Waals surface area contributed by atoms with E-state index in [9.17, 15) is 4.79 Å². The van der Waals surface area contributed by atoms with Gasteiger partial charge in [-0.1, -0.05) is 34.6 Å². The Bertz CT molecular complexity index is 416. The highest BCUT2D eigenvalue weighted by Crippen LogP contribution is 2.27. The van der Waals surface area contributed by atoms with Crippen molar-refractivity contribution in [3.8, 4) is 0 Å². The third kappa shape index (κ3) is 3.29. The van der Waals surface area contributed by atoms with Crippen LogP contribution in [0.1, 0.15) is 53.2 Å². The number of hydrogen-bond donors (Lipinski definition) is 2. The van der Waals surface area contributed by atoms with Crippen molar-refractivity contribution in [2.45, 2.75) is 58.4 Å². The van der Waals surface area contributed by atoms with E-state index in [-0.39, 0.29) is 11.3 Å². The highest BCUT2D eigenvalue weighted by molar-refractivity contribution is 7.14. The molecule has 0 fully saturated rings. The van der Waals surface area contributed by atoms with Gasteiger partial charge in [0.2, 0.25) is 5.91 Å². The quantitative estimate of drug-likeness (QED) is 0.883. The van der Waals surface area contributed by atoms with Crippen LogP contribution in [0, 0.1) is 0 Å². The average Bonchev–Trinajstić information content (AvgIpc) is 2.76. The number of nitrogens with zero attached hydrogens (tertiary/aromatic N) is 1. The van der Waals surface area contributed by atoms with Gasteiger partial charge < -0.3 is 11.1 Å². The van der Waals surface area contributed by atoms with E-state index < -0.39 is 5.54 Å². The SMILES string of the molecule is CCC(N)(CC)C(=O)Nc1nc(C(C)(C)C)cs1. The molecule has 5 heteroatoms. The first-order valence-corrected chi connectivity index (χ1v) is 7.17. The zero-order valence-electron chi connectivity index (χ0n) is 11.8. The van der Waals surface area contributed by atoms with E-state index in [1.807, 2.05) is 19.2 Å². The summed E-state index contributed by atoms with van der Waals surface area (Å²) in [4.78, 5) is 16.5. The Morgan fingerprint density at radius 3 is 2.33 bits per heavy atom. The van der Waals surface area contributed by atoms with Gasteiger partial charge in [-0.2, -0.15) is 0 Å². The molecular weight excluding hydrogens is 246 g/mol. The first-order valence-electron chi connectivity index (χ1n) is 6.29. The molecule has 1 rings (SSSR count). The average molecular weight is 269 g/mol. The summed E-state index contributed by atoms with van der Waals surface area (Å²) in [6.45, 7) is 10.1. The van der Waals surface area contributed by atoms with Crippen LogP contribution in [-0.4, -0.2) is 16.4 Å². The molecule has 1 aromatic heterocycles. The highest BCUT2D eigenvalue weighted by atomic mass is 32.1. The summed E-state index contributed by atoms with van der Waals surface area (Å²) in [5.41, 5.74) is 6.23. The minimum atomic E-state index is -0.798. The van der Waals surface area contributed by atoms with Crippen LogP contribution in [0.3, 0.4) is 0 Å². The highest BCUT2D eigenvalue weighted by Gasteiger charge is 2.30. The zero-order valence-corrected chi connectivity index (χ0v) is 12.6.